The van der Waals surface area contributed by atoms with Crippen molar-refractivity contribution in [2.75, 3.05) is 19.8 Å². The maximum atomic E-state index is 11.7. The molecule has 1 aromatic heterocycles. The minimum atomic E-state index is -1.18. The second-order valence-electron chi connectivity index (χ2n) is 4.64. The number of rotatable bonds is 8. The molecular weight excluding hydrogens is 262 g/mol. The van der Waals surface area contributed by atoms with Crippen LogP contribution >= 0.6 is 0 Å². The minimum absolute atomic E-state index is 0.0807. The number of carbonyl (C=O) groups excluding carboxylic acids is 1. The van der Waals surface area contributed by atoms with E-state index in [1.807, 2.05) is 0 Å². The molecule has 0 saturated heterocycles. The van der Waals surface area contributed by atoms with Gasteiger partial charge in [-0.05, 0) is 12.3 Å². The van der Waals surface area contributed by atoms with Gasteiger partial charge in [0.25, 0.3) is 5.91 Å². The summed E-state index contributed by atoms with van der Waals surface area (Å²) in [6, 6.07) is 0. The Morgan fingerprint density at radius 1 is 1.25 bits per heavy atom. The van der Waals surface area contributed by atoms with Gasteiger partial charge in [0.2, 0.25) is 0 Å². The molecule has 0 unspecified atom stereocenters. The molecule has 1 aromatic rings. The lowest BCUT2D eigenvalue weighted by Gasteiger charge is -2.07. The van der Waals surface area contributed by atoms with Crippen LogP contribution < -0.4 is 5.32 Å². The fraction of sp³-hybridized carbons (Fsp3) is 0.538. The first-order chi connectivity index (χ1) is 9.50. The lowest BCUT2D eigenvalue weighted by Crippen LogP contribution is -2.28. The number of ether oxygens (including phenoxy) is 1. The molecule has 110 valence electrons. The van der Waals surface area contributed by atoms with E-state index in [4.69, 9.17) is 9.84 Å². The number of nitrogens with one attached hydrogen (secondary N) is 1. The summed E-state index contributed by atoms with van der Waals surface area (Å²) in [5, 5.41) is 11.3. The zero-order chi connectivity index (χ0) is 15.0. The van der Waals surface area contributed by atoms with Crippen LogP contribution in [0.4, 0.5) is 0 Å². The molecule has 1 amide bonds. The van der Waals surface area contributed by atoms with E-state index in [2.05, 4.69) is 29.1 Å². The highest BCUT2D eigenvalue weighted by Crippen LogP contribution is 1.98. The Morgan fingerprint density at radius 2 is 1.90 bits per heavy atom. The number of carbonyl (C=O) groups is 2. The second-order valence-corrected chi connectivity index (χ2v) is 4.64. The van der Waals surface area contributed by atoms with E-state index >= 15 is 0 Å². The topological polar surface area (TPSA) is 101 Å². The van der Waals surface area contributed by atoms with Crippen molar-refractivity contribution in [3.63, 3.8) is 0 Å². The molecule has 0 spiro atoms. The lowest BCUT2D eigenvalue weighted by molar-refractivity contribution is 0.0689. The molecule has 0 aliphatic carbocycles. The average molecular weight is 281 g/mol. The third-order valence-corrected chi connectivity index (χ3v) is 2.48. The Bertz CT molecular complexity index is 445. The molecule has 20 heavy (non-hydrogen) atoms. The summed E-state index contributed by atoms with van der Waals surface area (Å²) in [5.41, 5.74) is -0.115. The van der Waals surface area contributed by atoms with Crippen LogP contribution in [-0.2, 0) is 4.74 Å². The van der Waals surface area contributed by atoms with Gasteiger partial charge in [-0.25, -0.2) is 14.8 Å². The summed E-state index contributed by atoms with van der Waals surface area (Å²) < 4.78 is 5.35. The smallest absolute Gasteiger partial charge is 0.356 e. The van der Waals surface area contributed by atoms with Crippen LogP contribution in [0.5, 0.6) is 0 Å². The Kier molecular flexibility index (Phi) is 6.58. The summed E-state index contributed by atoms with van der Waals surface area (Å²) in [4.78, 5) is 29.6. The van der Waals surface area contributed by atoms with Crippen LogP contribution in [0.3, 0.4) is 0 Å². The molecule has 0 radical (unpaired) electrons. The van der Waals surface area contributed by atoms with Crippen molar-refractivity contribution in [2.45, 2.75) is 20.3 Å². The van der Waals surface area contributed by atoms with Gasteiger partial charge in [-0.3, -0.25) is 4.79 Å². The second kappa shape index (κ2) is 8.21. The summed E-state index contributed by atoms with van der Waals surface area (Å²) in [6.07, 6.45) is 3.17. The number of amides is 1. The number of hydrogen-bond donors (Lipinski definition) is 2. The van der Waals surface area contributed by atoms with E-state index in [0.29, 0.717) is 25.7 Å². The van der Waals surface area contributed by atoms with E-state index in [0.717, 1.165) is 18.8 Å². The normalized spacial score (nSPS) is 10.6. The molecule has 0 bridgehead atoms. The summed E-state index contributed by atoms with van der Waals surface area (Å²) >= 11 is 0. The van der Waals surface area contributed by atoms with Crippen molar-refractivity contribution < 1.29 is 19.4 Å². The van der Waals surface area contributed by atoms with E-state index in [9.17, 15) is 9.59 Å². The molecule has 1 rings (SSSR count). The molecule has 1 heterocycles. The summed E-state index contributed by atoms with van der Waals surface area (Å²) in [7, 11) is 0. The summed E-state index contributed by atoms with van der Waals surface area (Å²) in [6.45, 7) is 5.70. The number of nitrogens with zero attached hydrogens (tertiary/aromatic N) is 2. The fourth-order valence-electron chi connectivity index (χ4n) is 1.30. The maximum Gasteiger partial charge on any atom is 0.356 e. The summed E-state index contributed by atoms with van der Waals surface area (Å²) in [5.74, 6) is -0.988. The van der Waals surface area contributed by atoms with Crippen LogP contribution in [0.15, 0.2) is 12.4 Å². The maximum absolute atomic E-state index is 11.7. The van der Waals surface area contributed by atoms with Gasteiger partial charge < -0.3 is 15.2 Å². The number of carboxylic acids is 1. The van der Waals surface area contributed by atoms with E-state index in [-0.39, 0.29) is 11.4 Å². The van der Waals surface area contributed by atoms with Gasteiger partial charge in [-0.1, -0.05) is 13.8 Å². The molecule has 2 N–H and O–H groups in total. The van der Waals surface area contributed by atoms with Crippen LogP contribution in [0.25, 0.3) is 0 Å². The van der Waals surface area contributed by atoms with Crippen molar-refractivity contribution in [1.82, 2.24) is 15.3 Å². The zero-order valence-electron chi connectivity index (χ0n) is 11.6. The Labute approximate surface area is 117 Å². The third-order valence-electron chi connectivity index (χ3n) is 2.48. The van der Waals surface area contributed by atoms with Gasteiger partial charge in [-0.2, -0.15) is 0 Å². The quantitative estimate of drug-likeness (QED) is 0.688. The fourth-order valence-corrected chi connectivity index (χ4v) is 1.30. The number of carboxylic acid groups (broad SMARTS) is 1. The van der Waals surface area contributed by atoms with Crippen molar-refractivity contribution in [2.24, 2.45) is 5.92 Å². The van der Waals surface area contributed by atoms with E-state index in [1.165, 1.54) is 0 Å². The predicted molar refractivity (Wildman–Crippen MR) is 71.6 cm³/mol. The number of aromatic carboxylic acids is 1. The van der Waals surface area contributed by atoms with Crippen LogP contribution in [0, 0.1) is 5.92 Å². The van der Waals surface area contributed by atoms with Gasteiger partial charge in [0.05, 0.1) is 19.0 Å². The van der Waals surface area contributed by atoms with E-state index < -0.39 is 11.9 Å². The van der Waals surface area contributed by atoms with Gasteiger partial charge >= 0.3 is 5.97 Å². The zero-order valence-corrected chi connectivity index (χ0v) is 11.6. The molecule has 0 aliphatic rings. The minimum Gasteiger partial charge on any atom is -0.476 e. The Morgan fingerprint density at radius 3 is 2.45 bits per heavy atom. The molecule has 0 aromatic carbocycles. The molecule has 0 aliphatic heterocycles. The van der Waals surface area contributed by atoms with Crippen molar-refractivity contribution >= 4 is 11.9 Å². The number of hydrogen-bond acceptors (Lipinski definition) is 5. The van der Waals surface area contributed by atoms with E-state index in [1.54, 1.807) is 0 Å². The van der Waals surface area contributed by atoms with Crippen LogP contribution in [0.1, 0.15) is 41.2 Å². The predicted octanol–water partition coefficient (Wildman–Crippen LogP) is 0.967. The van der Waals surface area contributed by atoms with Crippen LogP contribution in [-0.4, -0.2) is 46.7 Å². The van der Waals surface area contributed by atoms with Crippen LogP contribution in [0.2, 0.25) is 0 Å². The molecule has 0 saturated carbocycles. The van der Waals surface area contributed by atoms with Gasteiger partial charge in [0.1, 0.15) is 5.69 Å². The van der Waals surface area contributed by atoms with Gasteiger partial charge in [0, 0.05) is 13.2 Å². The largest absolute Gasteiger partial charge is 0.476 e. The molecular formula is C13H19N3O4. The number of aromatic nitrogens is 2. The highest BCUT2D eigenvalue weighted by molar-refractivity contribution is 5.92. The highest BCUT2D eigenvalue weighted by Gasteiger charge is 2.10. The molecule has 0 fully saturated rings. The monoisotopic (exact) mass is 281 g/mol. The Balaban J connectivity index is 2.27. The SMILES string of the molecule is CC(C)CCOCCNC(=O)c1cnc(C(=O)O)cn1. The first-order valence-electron chi connectivity index (χ1n) is 6.42. The van der Waals surface area contributed by atoms with Crippen molar-refractivity contribution in [3.05, 3.63) is 23.8 Å². The van der Waals surface area contributed by atoms with Crippen molar-refractivity contribution in [3.8, 4) is 0 Å². The third kappa shape index (κ3) is 5.75. The average Bonchev–Trinajstić information content (AvgIpc) is 2.42. The standard InChI is InChI=1S/C13H19N3O4/c1-9(2)3-5-20-6-4-14-12(17)10-7-16-11(8-15-10)13(18)19/h7-9H,3-6H2,1-2H3,(H,14,17)(H,18,19). The molecule has 7 nitrogen and oxygen atoms in total. The van der Waals surface area contributed by atoms with Gasteiger partial charge in [0.15, 0.2) is 5.69 Å². The Hall–Kier alpha value is -2.02. The van der Waals surface area contributed by atoms with Crippen molar-refractivity contribution in [1.29, 1.82) is 0 Å². The highest BCUT2D eigenvalue weighted by atomic mass is 16.5. The molecule has 7 heteroatoms. The van der Waals surface area contributed by atoms with Gasteiger partial charge in [-0.15, -0.1) is 0 Å². The first kappa shape index (κ1) is 16.0. The molecule has 0 atom stereocenters. The first-order valence-corrected chi connectivity index (χ1v) is 6.42. The lowest BCUT2D eigenvalue weighted by atomic mass is 10.1.